The molecule has 2 aromatic carbocycles. The topological polar surface area (TPSA) is 30.5 Å². The van der Waals surface area contributed by atoms with Gasteiger partial charge in [-0.1, -0.05) is 35.9 Å². The second kappa shape index (κ2) is 6.83. The van der Waals surface area contributed by atoms with Gasteiger partial charge in [0.15, 0.2) is 11.5 Å². The van der Waals surface area contributed by atoms with Gasteiger partial charge in [-0.2, -0.15) is 0 Å². The smallest absolute Gasteiger partial charge is 0.165 e. The molecule has 21 heavy (non-hydrogen) atoms. The van der Waals surface area contributed by atoms with Crippen LogP contribution in [0.25, 0.3) is 0 Å². The van der Waals surface area contributed by atoms with Crippen molar-refractivity contribution in [2.75, 3.05) is 21.3 Å². The van der Waals surface area contributed by atoms with E-state index in [0.29, 0.717) is 5.75 Å². The van der Waals surface area contributed by atoms with E-state index in [4.69, 9.17) is 21.1 Å². The number of nitrogens with one attached hydrogen (secondary N) is 1. The molecule has 0 heterocycles. The lowest BCUT2D eigenvalue weighted by molar-refractivity contribution is 0.349. The summed E-state index contributed by atoms with van der Waals surface area (Å²) in [7, 11) is 5.20. The van der Waals surface area contributed by atoms with E-state index in [-0.39, 0.29) is 6.04 Å². The van der Waals surface area contributed by atoms with Crippen LogP contribution in [0.3, 0.4) is 0 Å². The Kier molecular flexibility index (Phi) is 5.10. The zero-order valence-corrected chi connectivity index (χ0v) is 13.5. The Morgan fingerprint density at radius 2 is 1.86 bits per heavy atom. The number of hydrogen-bond donors (Lipinski definition) is 1. The molecule has 0 fully saturated rings. The largest absolute Gasteiger partial charge is 0.493 e. The Balaban J connectivity index is 2.53. The van der Waals surface area contributed by atoms with Gasteiger partial charge < -0.3 is 14.8 Å². The van der Waals surface area contributed by atoms with Crippen molar-refractivity contribution >= 4 is 11.6 Å². The first-order valence-corrected chi connectivity index (χ1v) is 7.14. The van der Waals surface area contributed by atoms with Gasteiger partial charge in [-0.05, 0) is 37.2 Å². The van der Waals surface area contributed by atoms with Gasteiger partial charge >= 0.3 is 0 Å². The molecular weight excluding hydrogens is 286 g/mol. The summed E-state index contributed by atoms with van der Waals surface area (Å²) in [5.74, 6) is 1.45. The number of methoxy groups -OCH3 is 2. The first-order chi connectivity index (χ1) is 10.1. The SMILES string of the molecule is CNC(c1ccc(C)c(Cl)c1)c1cccc(OC)c1OC. The van der Waals surface area contributed by atoms with Crippen molar-refractivity contribution in [1.29, 1.82) is 0 Å². The average Bonchev–Trinajstić information content (AvgIpc) is 2.51. The fraction of sp³-hybridized carbons (Fsp3) is 0.294. The Hall–Kier alpha value is -1.71. The van der Waals surface area contributed by atoms with Crippen LogP contribution in [-0.4, -0.2) is 21.3 Å². The monoisotopic (exact) mass is 305 g/mol. The number of hydrogen-bond acceptors (Lipinski definition) is 3. The Morgan fingerprint density at radius 3 is 2.43 bits per heavy atom. The molecule has 4 heteroatoms. The van der Waals surface area contributed by atoms with Crippen LogP contribution in [0.2, 0.25) is 5.02 Å². The maximum atomic E-state index is 6.25. The summed E-state index contributed by atoms with van der Waals surface area (Å²) in [4.78, 5) is 0. The molecule has 1 unspecified atom stereocenters. The third-order valence-corrected chi connectivity index (χ3v) is 3.97. The van der Waals surface area contributed by atoms with Crippen molar-refractivity contribution in [1.82, 2.24) is 5.32 Å². The molecule has 0 saturated heterocycles. The summed E-state index contributed by atoms with van der Waals surface area (Å²) in [6, 6.07) is 11.9. The van der Waals surface area contributed by atoms with Crippen molar-refractivity contribution < 1.29 is 9.47 Å². The molecule has 112 valence electrons. The van der Waals surface area contributed by atoms with Crippen molar-refractivity contribution in [2.24, 2.45) is 0 Å². The predicted octanol–water partition coefficient (Wildman–Crippen LogP) is 3.97. The zero-order valence-electron chi connectivity index (χ0n) is 12.7. The highest BCUT2D eigenvalue weighted by molar-refractivity contribution is 6.31. The molecule has 2 rings (SSSR count). The molecule has 1 atom stereocenters. The van der Waals surface area contributed by atoms with Crippen molar-refractivity contribution in [3.05, 3.63) is 58.1 Å². The zero-order chi connectivity index (χ0) is 15.4. The van der Waals surface area contributed by atoms with Gasteiger partial charge in [0.05, 0.1) is 20.3 Å². The van der Waals surface area contributed by atoms with E-state index in [1.54, 1.807) is 14.2 Å². The lowest BCUT2D eigenvalue weighted by Gasteiger charge is -2.21. The number of aryl methyl sites for hydroxylation is 1. The van der Waals surface area contributed by atoms with Crippen LogP contribution in [0.1, 0.15) is 22.7 Å². The lowest BCUT2D eigenvalue weighted by atomic mass is 9.96. The number of halogens is 1. The minimum atomic E-state index is -0.0202. The molecule has 0 radical (unpaired) electrons. The molecular formula is C17H20ClNO2. The molecule has 0 aliphatic carbocycles. The molecule has 0 spiro atoms. The van der Waals surface area contributed by atoms with Gasteiger partial charge in [0.25, 0.3) is 0 Å². The number of ether oxygens (including phenoxy) is 2. The van der Waals surface area contributed by atoms with Gasteiger partial charge in [0, 0.05) is 10.6 Å². The predicted molar refractivity (Wildman–Crippen MR) is 86.6 cm³/mol. The molecule has 2 aromatic rings. The van der Waals surface area contributed by atoms with Crippen LogP contribution >= 0.6 is 11.6 Å². The Morgan fingerprint density at radius 1 is 1.10 bits per heavy atom. The fourth-order valence-electron chi connectivity index (χ4n) is 2.43. The normalized spacial score (nSPS) is 12.0. The van der Waals surface area contributed by atoms with Crippen molar-refractivity contribution in [3.8, 4) is 11.5 Å². The minimum absolute atomic E-state index is 0.0202. The van der Waals surface area contributed by atoms with Gasteiger partial charge in [-0.15, -0.1) is 0 Å². The summed E-state index contributed by atoms with van der Waals surface area (Å²) in [5, 5.41) is 4.07. The van der Waals surface area contributed by atoms with E-state index < -0.39 is 0 Å². The van der Waals surface area contributed by atoms with Gasteiger partial charge in [0.2, 0.25) is 0 Å². The quantitative estimate of drug-likeness (QED) is 0.906. The van der Waals surface area contributed by atoms with E-state index >= 15 is 0 Å². The van der Waals surface area contributed by atoms with Crippen molar-refractivity contribution in [2.45, 2.75) is 13.0 Å². The summed E-state index contributed by atoms with van der Waals surface area (Å²) in [6.07, 6.45) is 0. The van der Waals surface area contributed by atoms with E-state index in [0.717, 1.165) is 27.5 Å². The molecule has 0 bridgehead atoms. The number of benzene rings is 2. The first-order valence-electron chi connectivity index (χ1n) is 6.76. The molecule has 0 saturated carbocycles. The number of rotatable bonds is 5. The van der Waals surface area contributed by atoms with Crippen LogP contribution in [0.15, 0.2) is 36.4 Å². The van der Waals surface area contributed by atoms with E-state index in [2.05, 4.69) is 11.4 Å². The van der Waals surface area contributed by atoms with Crippen LogP contribution in [0.4, 0.5) is 0 Å². The maximum absolute atomic E-state index is 6.25. The Bertz CT molecular complexity index is 628. The molecule has 0 amide bonds. The highest BCUT2D eigenvalue weighted by Gasteiger charge is 2.19. The van der Waals surface area contributed by atoms with Gasteiger partial charge in [0.1, 0.15) is 0 Å². The average molecular weight is 306 g/mol. The fourth-order valence-corrected chi connectivity index (χ4v) is 2.62. The molecule has 0 aliphatic heterocycles. The summed E-state index contributed by atoms with van der Waals surface area (Å²) in [6.45, 7) is 1.99. The summed E-state index contributed by atoms with van der Waals surface area (Å²) < 4.78 is 10.9. The second-order valence-electron chi connectivity index (χ2n) is 4.81. The third-order valence-electron chi connectivity index (χ3n) is 3.56. The summed E-state index contributed by atoms with van der Waals surface area (Å²) >= 11 is 6.25. The van der Waals surface area contributed by atoms with E-state index in [1.807, 2.05) is 44.3 Å². The molecule has 0 aromatic heterocycles. The lowest BCUT2D eigenvalue weighted by Crippen LogP contribution is -2.18. The van der Waals surface area contributed by atoms with Crippen LogP contribution in [0.5, 0.6) is 11.5 Å². The van der Waals surface area contributed by atoms with Crippen molar-refractivity contribution in [3.63, 3.8) is 0 Å². The van der Waals surface area contributed by atoms with E-state index in [9.17, 15) is 0 Å². The molecule has 0 aliphatic rings. The van der Waals surface area contributed by atoms with Gasteiger partial charge in [-0.25, -0.2) is 0 Å². The van der Waals surface area contributed by atoms with Crippen LogP contribution in [-0.2, 0) is 0 Å². The molecule has 3 nitrogen and oxygen atoms in total. The highest BCUT2D eigenvalue weighted by atomic mass is 35.5. The van der Waals surface area contributed by atoms with Crippen LogP contribution < -0.4 is 14.8 Å². The molecule has 1 N–H and O–H groups in total. The van der Waals surface area contributed by atoms with Crippen LogP contribution in [0, 0.1) is 6.92 Å². The van der Waals surface area contributed by atoms with E-state index in [1.165, 1.54) is 0 Å². The summed E-state index contributed by atoms with van der Waals surface area (Å²) in [5.41, 5.74) is 3.16. The maximum Gasteiger partial charge on any atom is 0.165 e. The Labute approximate surface area is 130 Å². The first kappa shape index (κ1) is 15.7. The third kappa shape index (κ3) is 3.14. The second-order valence-corrected chi connectivity index (χ2v) is 5.22. The highest BCUT2D eigenvalue weighted by Crippen LogP contribution is 2.37. The minimum Gasteiger partial charge on any atom is -0.493 e. The van der Waals surface area contributed by atoms with Gasteiger partial charge in [-0.3, -0.25) is 0 Å². The number of para-hydroxylation sites is 1. The standard InChI is InChI=1S/C17H20ClNO2/c1-11-8-9-12(10-14(11)18)16(19-2)13-6-5-7-15(20-3)17(13)21-4/h5-10,16,19H,1-4H3.